The van der Waals surface area contributed by atoms with Gasteiger partial charge in [0, 0.05) is 6.21 Å². The second-order valence-corrected chi connectivity index (χ2v) is 7.84. The predicted molar refractivity (Wildman–Crippen MR) is 116 cm³/mol. The van der Waals surface area contributed by atoms with Crippen LogP contribution in [0, 0.1) is 13.8 Å². The normalized spacial score (nSPS) is 11.1. The molecule has 0 aliphatic rings. The second-order valence-electron chi connectivity index (χ2n) is 6.14. The minimum atomic E-state index is 0.522. The lowest BCUT2D eigenvalue weighted by molar-refractivity contribution is 0.302. The maximum atomic E-state index is 5.97. The van der Waals surface area contributed by atoms with E-state index < -0.39 is 0 Å². The van der Waals surface area contributed by atoms with Crippen molar-refractivity contribution in [2.75, 3.05) is 0 Å². The van der Waals surface area contributed by atoms with E-state index in [-0.39, 0.29) is 0 Å². The van der Waals surface area contributed by atoms with Crippen LogP contribution in [0.5, 0.6) is 5.75 Å². The van der Waals surface area contributed by atoms with Gasteiger partial charge in [-0.05, 0) is 80.6 Å². The van der Waals surface area contributed by atoms with Crippen molar-refractivity contribution in [3.05, 3.63) is 91.9 Å². The summed E-state index contributed by atoms with van der Waals surface area (Å²) in [5.74, 6) is 0.789. The Balaban J connectivity index is 1.77. The summed E-state index contributed by atoms with van der Waals surface area (Å²) in [4.78, 5) is 4.62. The van der Waals surface area contributed by atoms with Gasteiger partial charge in [-0.3, -0.25) is 4.99 Å². The van der Waals surface area contributed by atoms with Gasteiger partial charge in [0.05, 0.1) is 14.6 Å². The zero-order valence-corrected chi connectivity index (χ0v) is 17.8. The molecular weight excluding hydrogens is 454 g/mol. The average Bonchev–Trinajstić information content (AvgIpc) is 2.61. The Bertz CT molecular complexity index is 913. The molecule has 4 heteroatoms. The van der Waals surface area contributed by atoms with Crippen molar-refractivity contribution in [1.82, 2.24) is 0 Å². The van der Waals surface area contributed by atoms with Gasteiger partial charge in [-0.25, -0.2) is 0 Å². The largest absolute Gasteiger partial charge is 0.487 e. The molecule has 0 N–H and O–H groups in total. The lowest BCUT2D eigenvalue weighted by atomic mass is 10.1. The minimum Gasteiger partial charge on any atom is -0.487 e. The number of benzene rings is 3. The highest BCUT2D eigenvalue weighted by Crippen LogP contribution is 2.35. The molecule has 0 unspecified atom stereocenters. The number of aryl methyl sites for hydroxylation is 2. The number of nitrogens with zero attached hydrogens (tertiary/aromatic N) is 1. The van der Waals surface area contributed by atoms with E-state index in [1.165, 1.54) is 11.1 Å². The van der Waals surface area contributed by atoms with Crippen LogP contribution in [0.4, 0.5) is 5.69 Å². The molecule has 0 radical (unpaired) electrons. The Morgan fingerprint density at radius 2 is 1.62 bits per heavy atom. The van der Waals surface area contributed by atoms with Gasteiger partial charge in [-0.2, -0.15) is 0 Å². The van der Waals surface area contributed by atoms with E-state index in [0.717, 1.165) is 31.5 Å². The van der Waals surface area contributed by atoms with Crippen LogP contribution < -0.4 is 4.74 Å². The van der Waals surface area contributed by atoms with Crippen LogP contribution in [0.15, 0.2) is 74.6 Å². The van der Waals surface area contributed by atoms with Crippen LogP contribution in [0.25, 0.3) is 0 Å². The number of hydrogen-bond donors (Lipinski definition) is 0. The highest BCUT2D eigenvalue weighted by molar-refractivity contribution is 9.11. The molecule has 0 aromatic heterocycles. The van der Waals surface area contributed by atoms with E-state index in [1.54, 1.807) is 0 Å². The number of halogens is 2. The summed E-state index contributed by atoms with van der Waals surface area (Å²) in [5.41, 5.74) is 5.52. The molecule has 132 valence electrons. The Kier molecular flexibility index (Phi) is 6.28. The molecular formula is C22H19Br2NO. The molecule has 0 saturated heterocycles. The molecule has 3 aromatic carbocycles. The third-order valence-corrected chi connectivity index (χ3v) is 5.13. The summed E-state index contributed by atoms with van der Waals surface area (Å²) in [6.45, 7) is 4.68. The molecule has 2 nitrogen and oxygen atoms in total. The van der Waals surface area contributed by atoms with Crippen molar-refractivity contribution in [1.29, 1.82) is 0 Å². The van der Waals surface area contributed by atoms with Crippen LogP contribution in [0.3, 0.4) is 0 Å². The standard InChI is InChI=1S/C22H19Br2NO/c1-15-8-9-21(16(2)10-15)25-13-18-11-19(23)22(20(24)12-18)26-14-17-6-4-3-5-7-17/h3-13H,14H2,1-2H3. The van der Waals surface area contributed by atoms with Crippen LogP contribution in [0.2, 0.25) is 0 Å². The SMILES string of the molecule is Cc1ccc(N=Cc2cc(Br)c(OCc3ccccc3)c(Br)c2)c(C)c1. The van der Waals surface area contributed by atoms with Crippen molar-refractivity contribution in [2.45, 2.75) is 20.5 Å². The monoisotopic (exact) mass is 471 g/mol. The van der Waals surface area contributed by atoms with Gasteiger partial charge in [0.15, 0.2) is 0 Å². The fraction of sp³-hybridized carbons (Fsp3) is 0.136. The Morgan fingerprint density at radius 1 is 0.923 bits per heavy atom. The van der Waals surface area contributed by atoms with Gasteiger partial charge >= 0.3 is 0 Å². The lowest BCUT2D eigenvalue weighted by Crippen LogP contribution is -1.97. The molecule has 0 bridgehead atoms. The number of ether oxygens (including phenoxy) is 1. The Hall–Kier alpha value is -1.91. The predicted octanol–water partition coefficient (Wildman–Crippen LogP) is 7.16. The van der Waals surface area contributed by atoms with Gasteiger partial charge < -0.3 is 4.74 Å². The first-order valence-electron chi connectivity index (χ1n) is 8.30. The molecule has 0 atom stereocenters. The first kappa shape index (κ1) is 18.9. The molecule has 26 heavy (non-hydrogen) atoms. The van der Waals surface area contributed by atoms with Crippen molar-refractivity contribution >= 4 is 43.8 Å². The van der Waals surface area contributed by atoms with Crippen molar-refractivity contribution < 1.29 is 4.74 Å². The molecule has 0 heterocycles. The molecule has 0 saturated carbocycles. The van der Waals surface area contributed by atoms with Crippen LogP contribution >= 0.6 is 31.9 Å². The first-order chi connectivity index (χ1) is 12.5. The van der Waals surface area contributed by atoms with Gasteiger partial charge in [-0.15, -0.1) is 0 Å². The fourth-order valence-corrected chi connectivity index (χ4v) is 4.07. The maximum absolute atomic E-state index is 5.97. The highest BCUT2D eigenvalue weighted by atomic mass is 79.9. The van der Waals surface area contributed by atoms with E-state index in [2.05, 4.69) is 62.8 Å². The average molecular weight is 473 g/mol. The summed E-state index contributed by atoms with van der Waals surface area (Å²) >= 11 is 7.21. The molecule has 3 aromatic rings. The van der Waals surface area contributed by atoms with Gasteiger partial charge in [0.1, 0.15) is 12.4 Å². The number of hydrogen-bond acceptors (Lipinski definition) is 2. The molecule has 0 fully saturated rings. The second kappa shape index (κ2) is 8.65. The van der Waals surface area contributed by atoms with Crippen LogP contribution in [-0.4, -0.2) is 6.21 Å². The van der Waals surface area contributed by atoms with Crippen LogP contribution in [-0.2, 0) is 6.61 Å². The smallest absolute Gasteiger partial charge is 0.148 e. The zero-order valence-electron chi connectivity index (χ0n) is 14.7. The van der Waals surface area contributed by atoms with E-state index in [4.69, 9.17) is 4.74 Å². The molecule has 3 rings (SSSR count). The third-order valence-electron chi connectivity index (χ3n) is 3.95. The molecule has 0 amide bonds. The van der Waals surface area contributed by atoms with E-state index >= 15 is 0 Å². The first-order valence-corrected chi connectivity index (χ1v) is 9.88. The summed E-state index contributed by atoms with van der Waals surface area (Å²) in [5, 5.41) is 0. The van der Waals surface area contributed by atoms with Crippen molar-refractivity contribution in [3.63, 3.8) is 0 Å². The molecule has 0 spiro atoms. The molecule has 0 aliphatic carbocycles. The number of aliphatic imine (C=N–C) groups is 1. The van der Waals surface area contributed by atoms with Crippen LogP contribution in [0.1, 0.15) is 22.3 Å². The Morgan fingerprint density at radius 3 is 2.27 bits per heavy atom. The topological polar surface area (TPSA) is 21.6 Å². The Labute approximate surface area is 171 Å². The third kappa shape index (κ3) is 4.83. The quantitative estimate of drug-likeness (QED) is 0.361. The summed E-state index contributed by atoms with van der Waals surface area (Å²) in [6.07, 6.45) is 1.87. The van der Waals surface area contributed by atoms with Crippen molar-refractivity contribution in [2.24, 2.45) is 4.99 Å². The summed E-state index contributed by atoms with van der Waals surface area (Å²) in [7, 11) is 0. The maximum Gasteiger partial charge on any atom is 0.148 e. The number of rotatable bonds is 5. The highest BCUT2D eigenvalue weighted by Gasteiger charge is 2.09. The minimum absolute atomic E-state index is 0.522. The van der Waals surface area contributed by atoms with Gasteiger partial charge in [-0.1, -0.05) is 48.0 Å². The van der Waals surface area contributed by atoms with E-state index in [1.807, 2.05) is 54.7 Å². The van der Waals surface area contributed by atoms with Gasteiger partial charge in [0.2, 0.25) is 0 Å². The zero-order chi connectivity index (χ0) is 18.5. The van der Waals surface area contributed by atoms with E-state index in [9.17, 15) is 0 Å². The van der Waals surface area contributed by atoms with Crippen molar-refractivity contribution in [3.8, 4) is 5.75 Å². The summed E-state index contributed by atoms with van der Waals surface area (Å²) in [6, 6.07) is 20.4. The molecule has 0 aliphatic heterocycles. The fourth-order valence-electron chi connectivity index (χ4n) is 2.62. The van der Waals surface area contributed by atoms with Gasteiger partial charge in [0.25, 0.3) is 0 Å². The van der Waals surface area contributed by atoms with E-state index in [0.29, 0.717) is 6.61 Å². The lowest BCUT2D eigenvalue weighted by Gasteiger charge is -2.11. The summed E-state index contributed by atoms with van der Waals surface area (Å²) < 4.78 is 7.75.